The smallest absolute Gasteiger partial charge is 0.272 e. The van der Waals surface area contributed by atoms with E-state index < -0.39 is 65.7 Å². The van der Waals surface area contributed by atoms with Crippen LogP contribution in [0.2, 0.25) is 0 Å². The van der Waals surface area contributed by atoms with E-state index in [4.69, 9.17) is 4.74 Å². The second-order valence-electron chi connectivity index (χ2n) is 11.0. The maximum atomic E-state index is 15.2. The first-order valence-electron chi connectivity index (χ1n) is 13.1. The number of aliphatic hydroxyl groups is 1. The molecule has 1 unspecified atom stereocenters. The van der Waals surface area contributed by atoms with Gasteiger partial charge in [0.2, 0.25) is 5.91 Å². The van der Waals surface area contributed by atoms with Crippen molar-refractivity contribution in [2.75, 3.05) is 20.3 Å². The van der Waals surface area contributed by atoms with Gasteiger partial charge in [-0.1, -0.05) is 32.0 Å². The molecule has 1 aliphatic heterocycles. The molecule has 0 spiro atoms. The number of phenols is 1. The molecule has 0 aromatic heterocycles. The Kier molecular flexibility index (Phi) is 9.70. The van der Waals surface area contributed by atoms with E-state index in [1.54, 1.807) is 6.92 Å². The Morgan fingerprint density at radius 1 is 1.15 bits per heavy atom. The number of amides is 3. The van der Waals surface area contributed by atoms with Crippen molar-refractivity contribution < 1.29 is 42.5 Å². The Hall–Kier alpha value is -3.64. The quantitative estimate of drug-likeness (QED) is 0.343. The van der Waals surface area contributed by atoms with Crippen LogP contribution in [0.25, 0.3) is 0 Å². The number of hydrogen-bond acceptors (Lipinski definition) is 6. The summed E-state index contributed by atoms with van der Waals surface area (Å²) in [7, 11) is 1.41. The minimum Gasteiger partial charge on any atom is -0.508 e. The summed E-state index contributed by atoms with van der Waals surface area (Å²) in [5.41, 5.74) is -1.41. The van der Waals surface area contributed by atoms with Crippen LogP contribution in [-0.4, -0.2) is 83.2 Å². The minimum absolute atomic E-state index is 0.0483. The second-order valence-corrected chi connectivity index (χ2v) is 11.0. The number of nitrogens with zero attached hydrogens (tertiary/aromatic N) is 1. The van der Waals surface area contributed by atoms with Gasteiger partial charge in [0.05, 0.1) is 24.6 Å². The topological polar surface area (TPSA) is 128 Å². The summed E-state index contributed by atoms with van der Waals surface area (Å²) in [6, 6.07) is 5.87. The van der Waals surface area contributed by atoms with Crippen LogP contribution in [0.4, 0.5) is 13.2 Å². The van der Waals surface area contributed by atoms with E-state index in [0.717, 1.165) is 19.9 Å². The monoisotopic (exact) mass is 579 g/mol. The minimum atomic E-state index is -3.49. The number of likely N-dealkylation sites (tertiary alicyclic amines) is 1. The molecule has 4 N–H and O–H groups in total. The molecular formula is C29H36F3N3O6. The lowest BCUT2D eigenvalue weighted by Crippen LogP contribution is -2.58. The predicted octanol–water partition coefficient (Wildman–Crippen LogP) is 2.57. The zero-order valence-corrected chi connectivity index (χ0v) is 23.6. The third-order valence-electron chi connectivity index (χ3n) is 7.49. The SMILES string of the molecule is COCC(C)NC(=O)[C@H]1N(C(=O)[C@@H](O)[C@H](Cc2cccc(F)c2)NC(=O)c2cccc(O)c2C)CC(F)(F)C1(C)C. The van der Waals surface area contributed by atoms with Crippen LogP contribution in [0.3, 0.4) is 0 Å². The highest BCUT2D eigenvalue weighted by atomic mass is 19.3. The van der Waals surface area contributed by atoms with Crippen molar-refractivity contribution in [2.45, 2.75) is 64.3 Å². The van der Waals surface area contributed by atoms with Crippen LogP contribution >= 0.6 is 0 Å². The molecule has 9 nitrogen and oxygen atoms in total. The summed E-state index contributed by atoms with van der Waals surface area (Å²) in [4.78, 5) is 40.6. The van der Waals surface area contributed by atoms with E-state index in [1.165, 1.54) is 50.4 Å². The highest BCUT2D eigenvalue weighted by Gasteiger charge is 2.64. The van der Waals surface area contributed by atoms with Gasteiger partial charge >= 0.3 is 0 Å². The molecule has 1 saturated heterocycles. The Balaban J connectivity index is 1.96. The van der Waals surface area contributed by atoms with E-state index in [0.29, 0.717) is 10.5 Å². The van der Waals surface area contributed by atoms with Crippen molar-refractivity contribution in [2.24, 2.45) is 5.41 Å². The zero-order chi connectivity index (χ0) is 30.7. The Morgan fingerprint density at radius 3 is 2.44 bits per heavy atom. The number of carbonyl (C=O) groups excluding carboxylic acids is 3. The van der Waals surface area contributed by atoms with Gasteiger partial charge in [-0.2, -0.15) is 0 Å². The first-order valence-corrected chi connectivity index (χ1v) is 13.1. The fraction of sp³-hybridized carbons (Fsp3) is 0.483. The summed E-state index contributed by atoms with van der Waals surface area (Å²) in [6.45, 7) is 4.39. The summed E-state index contributed by atoms with van der Waals surface area (Å²) in [5, 5.41) is 26.4. The maximum Gasteiger partial charge on any atom is 0.272 e. The molecule has 3 rings (SSSR count). The molecule has 224 valence electrons. The van der Waals surface area contributed by atoms with Crippen LogP contribution in [-0.2, 0) is 20.7 Å². The summed E-state index contributed by atoms with van der Waals surface area (Å²) in [6.07, 6.45) is -2.33. The van der Waals surface area contributed by atoms with Crippen molar-refractivity contribution in [3.8, 4) is 5.75 Å². The van der Waals surface area contributed by atoms with Crippen LogP contribution in [0, 0.1) is 18.2 Å². The number of aromatic hydroxyl groups is 1. The van der Waals surface area contributed by atoms with Gasteiger partial charge < -0.3 is 30.5 Å². The number of carbonyl (C=O) groups is 3. The van der Waals surface area contributed by atoms with Crippen molar-refractivity contribution >= 4 is 17.7 Å². The molecule has 0 saturated carbocycles. The lowest BCUT2D eigenvalue weighted by atomic mass is 9.81. The maximum absolute atomic E-state index is 15.2. The first kappa shape index (κ1) is 31.9. The number of methoxy groups -OCH3 is 1. The van der Waals surface area contributed by atoms with E-state index >= 15 is 8.78 Å². The fourth-order valence-electron chi connectivity index (χ4n) is 5.00. The largest absolute Gasteiger partial charge is 0.508 e. The fourth-order valence-corrected chi connectivity index (χ4v) is 5.00. The van der Waals surface area contributed by atoms with Crippen LogP contribution < -0.4 is 10.6 Å². The molecule has 3 amide bonds. The number of ether oxygens (including phenoxy) is 1. The second kappa shape index (κ2) is 12.5. The first-order chi connectivity index (χ1) is 19.1. The van der Waals surface area contributed by atoms with Gasteiger partial charge in [0.1, 0.15) is 17.6 Å². The molecule has 1 fully saturated rings. The summed E-state index contributed by atoms with van der Waals surface area (Å²) < 4.78 is 49.3. The van der Waals surface area contributed by atoms with Crippen LogP contribution in [0.15, 0.2) is 42.5 Å². The standard InChI is InChI=1S/C29H36F3N3O6/c1-16(14-41-5)33-26(39)24-28(3,4)29(31,32)15-35(24)27(40)23(37)21(13-18-8-6-9-19(30)12-18)34-25(38)20-10-7-11-22(36)17(20)2/h6-12,16,21,23-24,36-37H,13-15H2,1-5H3,(H,33,39)(H,34,38)/t16?,21-,23-,24+/m0/s1. The van der Waals surface area contributed by atoms with Gasteiger partial charge in [0.15, 0.2) is 6.10 Å². The highest BCUT2D eigenvalue weighted by molar-refractivity contribution is 5.97. The number of alkyl halides is 2. The molecule has 41 heavy (non-hydrogen) atoms. The number of phenolic OH excluding ortho intramolecular Hbond substituents is 1. The molecule has 1 aliphatic rings. The van der Waals surface area contributed by atoms with Crippen molar-refractivity contribution in [1.29, 1.82) is 0 Å². The van der Waals surface area contributed by atoms with Crippen LogP contribution in [0.5, 0.6) is 5.75 Å². The molecule has 0 aliphatic carbocycles. The summed E-state index contributed by atoms with van der Waals surface area (Å²) in [5.74, 6) is -7.06. The number of aliphatic hydroxyl groups excluding tert-OH is 1. The number of hydrogen-bond donors (Lipinski definition) is 4. The highest BCUT2D eigenvalue weighted by Crippen LogP contribution is 2.48. The number of benzene rings is 2. The number of rotatable bonds is 10. The lowest BCUT2D eigenvalue weighted by Gasteiger charge is -2.34. The number of nitrogens with one attached hydrogen (secondary N) is 2. The molecule has 2 aromatic rings. The molecule has 0 radical (unpaired) electrons. The van der Waals surface area contributed by atoms with Gasteiger partial charge in [0, 0.05) is 24.3 Å². The van der Waals surface area contributed by atoms with E-state index in [2.05, 4.69) is 10.6 Å². The predicted molar refractivity (Wildman–Crippen MR) is 144 cm³/mol. The molecule has 0 bridgehead atoms. The van der Waals surface area contributed by atoms with Crippen molar-refractivity contribution in [1.82, 2.24) is 15.5 Å². The van der Waals surface area contributed by atoms with E-state index in [-0.39, 0.29) is 29.9 Å². The summed E-state index contributed by atoms with van der Waals surface area (Å²) >= 11 is 0. The van der Waals surface area contributed by atoms with Gasteiger partial charge in [-0.05, 0) is 50.1 Å². The molecule has 12 heteroatoms. The third-order valence-corrected chi connectivity index (χ3v) is 7.49. The van der Waals surface area contributed by atoms with Crippen LogP contribution in [0.1, 0.15) is 42.3 Å². The molecular weight excluding hydrogens is 543 g/mol. The average molecular weight is 580 g/mol. The average Bonchev–Trinajstić information content (AvgIpc) is 3.08. The zero-order valence-electron chi connectivity index (χ0n) is 23.6. The molecule has 2 aromatic carbocycles. The van der Waals surface area contributed by atoms with Crippen molar-refractivity contribution in [3.63, 3.8) is 0 Å². The van der Waals surface area contributed by atoms with E-state index in [1.807, 2.05) is 0 Å². The Labute approximate surface area is 236 Å². The van der Waals surface area contributed by atoms with Gasteiger partial charge in [-0.15, -0.1) is 0 Å². The van der Waals surface area contributed by atoms with Gasteiger partial charge in [-0.25, -0.2) is 13.2 Å². The molecule has 4 atom stereocenters. The van der Waals surface area contributed by atoms with E-state index in [9.17, 15) is 29.0 Å². The third kappa shape index (κ3) is 6.82. The molecule has 1 heterocycles. The van der Waals surface area contributed by atoms with Gasteiger partial charge in [-0.3, -0.25) is 14.4 Å². The number of halogens is 3. The van der Waals surface area contributed by atoms with Gasteiger partial charge in [0.25, 0.3) is 17.7 Å². The Morgan fingerprint density at radius 2 is 1.80 bits per heavy atom. The lowest BCUT2D eigenvalue weighted by molar-refractivity contribution is -0.148. The Bertz CT molecular complexity index is 1290. The van der Waals surface area contributed by atoms with Crippen molar-refractivity contribution in [3.05, 3.63) is 65.0 Å². The normalized spacial score (nSPS) is 19.7.